The first kappa shape index (κ1) is 26.5. The van der Waals surface area contributed by atoms with E-state index in [1.165, 1.54) is 15.6 Å². The zero-order valence-electron chi connectivity index (χ0n) is 21.7. The van der Waals surface area contributed by atoms with Crippen LogP contribution in [0.1, 0.15) is 31.1 Å². The van der Waals surface area contributed by atoms with E-state index in [0.717, 1.165) is 11.4 Å². The third kappa shape index (κ3) is 5.84. The molecule has 9 nitrogen and oxygen atoms in total. The molecule has 1 aromatic heterocycles. The van der Waals surface area contributed by atoms with E-state index in [0.29, 0.717) is 48.9 Å². The molecule has 10 heteroatoms. The van der Waals surface area contributed by atoms with Gasteiger partial charge in [0.2, 0.25) is 0 Å². The van der Waals surface area contributed by atoms with Crippen LogP contribution in [0.15, 0.2) is 90.0 Å². The fraction of sp³-hybridized carbons (Fsp3) is 0.276. The van der Waals surface area contributed by atoms with Crippen LogP contribution in [0.3, 0.4) is 0 Å². The fourth-order valence-electron chi connectivity index (χ4n) is 4.85. The smallest absolute Gasteiger partial charge is 0.350 e. The van der Waals surface area contributed by atoms with Crippen LogP contribution >= 0.6 is 11.6 Å². The Kier molecular flexibility index (Phi) is 7.99. The predicted octanol–water partition coefficient (Wildman–Crippen LogP) is 4.73. The molecule has 0 bridgehead atoms. The monoisotopic (exact) mass is 546 g/mol. The van der Waals surface area contributed by atoms with Crippen molar-refractivity contribution in [3.8, 4) is 5.69 Å². The zero-order chi connectivity index (χ0) is 27.4. The maximum Gasteiger partial charge on any atom is 0.350 e. The lowest BCUT2D eigenvalue weighted by Gasteiger charge is -2.36. The van der Waals surface area contributed by atoms with Gasteiger partial charge in [0.15, 0.2) is 0 Å². The lowest BCUT2D eigenvalue weighted by Crippen LogP contribution is -2.50. The second kappa shape index (κ2) is 11.8. The van der Waals surface area contributed by atoms with E-state index in [2.05, 4.69) is 15.3 Å². The Morgan fingerprint density at radius 2 is 1.59 bits per heavy atom. The number of aliphatic hydroxyl groups excluding tert-OH is 1. The Labute approximate surface area is 231 Å². The van der Waals surface area contributed by atoms with Gasteiger partial charge in [-0.2, -0.15) is 5.10 Å². The molecule has 1 fully saturated rings. The second-order valence-corrected chi connectivity index (χ2v) is 9.92. The lowest BCUT2D eigenvalue weighted by atomic mass is 10.0. The normalized spacial score (nSPS) is 15.2. The molecule has 2 heterocycles. The Bertz CT molecular complexity index is 1450. The Morgan fingerprint density at radius 1 is 0.949 bits per heavy atom. The van der Waals surface area contributed by atoms with Gasteiger partial charge in [-0.05, 0) is 60.5 Å². The van der Waals surface area contributed by atoms with Crippen LogP contribution in [0.5, 0.6) is 0 Å². The second-order valence-electron chi connectivity index (χ2n) is 9.49. The van der Waals surface area contributed by atoms with Crippen molar-refractivity contribution in [2.24, 2.45) is 0 Å². The van der Waals surface area contributed by atoms with Crippen molar-refractivity contribution in [3.05, 3.63) is 106 Å². The topological polar surface area (TPSA) is 95.6 Å². The maximum atomic E-state index is 13.3. The summed E-state index contributed by atoms with van der Waals surface area (Å²) in [5.41, 5.74) is 2.85. The molecule has 4 aromatic rings. The minimum Gasteiger partial charge on any atom is -0.386 e. The van der Waals surface area contributed by atoms with E-state index in [1.54, 1.807) is 24.3 Å². The van der Waals surface area contributed by atoms with Crippen molar-refractivity contribution in [1.82, 2.24) is 19.2 Å². The molecule has 1 aliphatic rings. The Hall–Kier alpha value is -4.08. The van der Waals surface area contributed by atoms with Crippen LogP contribution in [-0.2, 0) is 0 Å². The highest BCUT2D eigenvalue weighted by Crippen LogP contribution is 2.28. The molecule has 5 rings (SSSR count). The van der Waals surface area contributed by atoms with Crippen LogP contribution in [0, 0.1) is 0 Å². The summed E-state index contributed by atoms with van der Waals surface area (Å²) in [6.45, 7) is 4.55. The number of carbonyl (C=O) groups is 1. The van der Waals surface area contributed by atoms with Crippen molar-refractivity contribution in [2.45, 2.75) is 25.5 Å². The van der Waals surface area contributed by atoms with Crippen LogP contribution in [0.4, 0.5) is 16.2 Å². The molecule has 2 atom stereocenters. The molecule has 0 aliphatic carbocycles. The number of hydrogen-bond donors (Lipinski definition) is 2. The molecule has 1 aliphatic heterocycles. The van der Waals surface area contributed by atoms with E-state index in [4.69, 9.17) is 11.6 Å². The molecule has 39 heavy (non-hydrogen) atoms. The molecule has 0 radical (unpaired) electrons. The molecule has 3 aromatic carbocycles. The van der Waals surface area contributed by atoms with E-state index in [9.17, 15) is 14.7 Å². The van der Waals surface area contributed by atoms with Crippen LogP contribution in [0.25, 0.3) is 5.69 Å². The summed E-state index contributed by atoms with van der Waals surface area (Å²) in [7, 11) is 0. The summed E-state index contributed by atoms with van der Waals surface area (Å²) in [5.74, 6) is 0. The van der Waals surface area contributed by atoms with Crippen molar-refractivity contribution >= 4 is 29.0 Å². The number of rotatable bonds is 7. The van der Waals surface area contributed by atoms with Crippen LogP contribution in [-0.4, -0.2) is 56.6 Å². The average molecular weight is 547 g/mol. The molecule has 1 unspecified atom stereocenters. The first-order valence-corrected chi connectivity index (χ1v) is 13.4. The van der Waals surface area contributed by atoms with Crippen LogP contribution in [0.2, 0.25) is 5.02 Å². The number of anilines is 2. The summed E-state index contributed by atoms with van der Waals surface area (Å²) in [5, 5.41) is 18.8. The van der Waals surface area contributed by atoms with Gasteiger partial charge >= 0.3 is 11.7 Å². The van der Waals surface area contributed by atoms with Gasteiger partial charge in [-0.25, -0.2) is 18.8 Å². The van der Waals surface area contributed by atoms with Crippen molar-refractivity contribution in [3.63, 3.8) is 0 Å². The highest BCUT2D eigenvalue weighted by atomic mass is 35.5. The van der Waals surface area contributed by atoms with Gasteiger partial charge in [-0.15, -0.1) is 0 Å². The predicted molar refractivity (Wildman–Crippen MR) is 153 cm³/mol. The molecule has 2 N–H and O–H groups in total. The number of carbonyl (C=O) groups excluding carboxylic acids is 1. The number of para-hydroxylation sites is 1. The minimum atomic E-state index is -0.899. The third-order valence-electron chi connectivity index (χ3n) is 7.09. The lowest BCUT2D eigenvalue weighted by molar-refractivity contribution is 0.101. The van der Waals surface area contributed by atoms with E-state index in [1.807, 2.05) is 66.4 Å². The van der Waals surface area contributed by atoms with Crippen molar-refractivity contribution in [2.75, 3.05) is 36.4 Å². The van der Waals surface area contributed by atoms with Gasteiger partial charge in [0, 0.05) is 42.6 Å². The highest BCUT2D eigenvalue weighted by molar-refractivity contribution is 6.30. The summed E-state index contributed by atoms with van der Waals surface area (Å²) in [6, 6.07) is 23.5. The Morgan fingerprint density at radius 3 is 2.23 bits per heavy atom. The first-order valence-electron chi connectivity index (χ1n) is 13.0. The number of urea groups is 1. The van der Waals surface area contributed by atoms with E-state index < -0.39 is 12.1 Å². The van der Waals surface area contributed by atoms with E-state index >= 15 is 0 Å². The Balaban J connectivity index is 1.23. The molecule has 1 saturated heterocycles. The zero-order valence-corrected chi connectivity index (χ0v) is 22.4. The quantitative estimate of drug-likeness (QED) is 0.349. The average Bonchev–Trinajstić information content (AvgIpc) is 3.35. The molecule has 2 amide bonds. The van der Waals surface area contributed by atoms with Crippen LogP contribution < -0.4 is 15.9 Å². The first-order chi connectivity index (χ1) is 18.9. The van der Waals surface area contributed by atoms with Gasteiger partial charge in [-0.1, -0.05) is 48.9 Å². The number of aliphatic hydroxyl groups is 1. The summed E-state index contributed by atoms with van der Waals surface area (Å²) < 4.78 is 2.82. The van der Waals surface area contributed by atoms with Gasteiger partial charge in [0.25, 0.3) is 0 Å². The van der Waals surface area contributed by atoms with Gasteiger partial charge in [0.1, 0.15) is 12.4 Å². The number of hydrogen-bond acceptors (Lipinski definition) is 5. The highest BCUT2D eigenvalue weighted by Gasteiger charge is 2.25. The molecule has 202 valence electrons. The number of aromatic nitrogens is 3. The van der Waals surface area contributed by atoms with Gasteiger partial charge in [-0.3, -0.25) is 0 Å². The molecule has 0 spiro atoms. The van der Waals surface area contributed by atoms with Crippen molar-refractivity contribution in [1.29, 1.82) is 0 Å². The number of nitrogens with one attached hydrogen (secondary N) is 1. The third-order valence-corrected chi connectivity index (χ3v) is 7.34. The maximum absolute atomic E-state index is 13.3. The molecular formula is C29H31ClN6O3. The van der Waals surface area contributed by atoms with E-state index in [-0.39, 0.29) is 11.7 Å². The number of amides is 2. The van der Waals surface area contributed by atoms with Gasteiger partial charge in [0.05, 0.1) is 11.7 Å². The fourth-order valence-corrected chi connectivity index (χ4v) is 4.97. The summed E-state index contributed by atoms with van der Waals surface area (Å²) >= 11 is 5.98. The number of piperazine rings is 1. The van der Waals surface area contributed by atoms with Crippen molar-refractivity contribution < 1.29 is 9.90 Å². The summed E-state index contributed by atoms with van der Waals surface area (Å²) in [6.07, 6.45) is 1.11. The molecule has 0 saturated carbocycles. The number of nitrogens with zero attached hydrogens (tertiary/aromatic N) is 5. The number of benzene rings is 3. The van der Waals surface area contributed by atoms with Gasteiger partial charge < -0.3 is 20.2 Å². The number of halogens is 1. The largest absolute Gasteiger partial charge is 0.386 e. The minimum absolute atomic E-state index is 0.0980. The molecular weight excluding hydrogens is 516 g/mol. The SMILES string of the molecule is CCC([C@H](O)c1ccc(Cl)cc1)n1ncn(-c2ccc(N3CCN(C(=O)Nc4ccccc4)CC3)cc2)c1=O. The standard InChI is InChI=1S/C29H31ClN6O3/c1-2-26(27(37)21-8-10-22(30)11-9-21)36-29(39)35(20-31-36)25-14-12-24(13-15-25)33-16-18-34(19-17-33)28(38)32-23-6-4-3-5-7-23/h3-15,20,26-27,37H,2,16-19H2,1H3,(H,32,38)/t26?,27-/m1/s1. The summed E-state index contributed by atoms with van der Waals surface area (Å²) in [4.78, 5) is 29.9.